The summed E-state index contributed by atoms with van der Waals surface area (Å²) in [6.07, 6.45) is 4.25. The second kappa shape index (κ2) is 5.92. The zero-order valence-electron chi connectivity index (χ0n) is 14.4. The van der Waals surface area contributed by atoms with Gasteiger partial charge >= 0.3 is 5.97 Å². The standard InChI is InChI=1S/C20H16BrN3O3/c21-13-6-3-7-15-17(13)18(25)22-20-23(12-4-1-2-5-12)16-10-11(19(26)27)8-9-14(16)24(15)20/h3,6-10,12H,1-2,4-5H2,(H,26,27). The highest BCUT2D eigenvalue weighted by Crippen LogP contribution is 2.36. The second-order valence-electron chi connectivity index (χ2n) is 7.00. The van der Waals surface area contributed by atoms with Gasteiger partial charge in [-0.1, -0.05) is 18.9 Å². The van der Waals surface area contributed by atoms with Crippen LogP contribution in [0.25, 0.3) is 27.7 Å². The molecule has 0 amide bonds. The number of nitrogens with zero attached hydrogens (tertiary/aromatic N) is 3. The van der Waals surface area contributed by atoms with Crippen LogP contribution in [0.4, 0.5) is 0 Å². The monoisotopic (exact) mass is 425 g/mol. The lowest BCUT2D eigenvalue weighted by Gasteiger charge is -2.14. The van der Waals surface area contributed by atoms with Crippen molar-refractivity contribution in [3.05, 3.63) is 56.8 Å². The van der Waals surface area contributed by atoms with Crippen LogP contribution in [0.2, 0.25) is 0 Å². The van der Waals surface area contributed by atoms with Gasteiger partial charge in [-0.3, -0.25) is 9.20 Å². The van der Waals surface area contributed by atoms with Crippen molar-refractivity contribution in [2.24, 2.45) is 0 Å². The summed E-state index contributed by atoms with van der Waals surface area (Å²) in [5.41, 5.74) is 2.39. The van der Waals surface area contributed by atoms with E-state index in [0.717, 1.165) is 42.2 Å². The van der Waals surface area contributed by atoms with E-state index in [0.29, 0.717) is 15.6 Å². The minimum absolute atomic E-state index is 0.220. The zero-order valence-corrected chi connectivity index (χ0v) is 15.9. The molecule has 7 heteroatoms. The highest BCUT2D eigenvalue weighted by molar-refractivity contribution is 9.10. The van der Waals surface area contributed by atoms with Crippen molar-refractivity contribution >= 4 is 49.6 Å². The van der Waals surface area contributed by atoms with E-state index in [9.17, 15) is 14.7 Å². The van der Waals surface area contributed by atoms with Gasteiger partial charge in [-0.25, -0.2) is 4.79 Å². The van der Waals surface area contributed by atoms with Crippen LogP contribution in [0, 0.1) is 0 Å². The molecule has 4 aromatic rings. The SMILES string of the molecule is O=C(O)c1ccc2c(c1)n(C1CCCC1)c1nc(=O)c3c(Br)cccc3n21. The Morgan fingerprint density at radius 2 is 1.89 bits per heavy atom. The number of aromatic nitrogens is 3. The van der Waals surface area contributed by atoms with Crippen molar-refractivity contribution in [1.82, 2.24) is 14.0 Å². The van der Waals surface area contributed by atoms with Crippen LogP contribution in [-0.4, -0.2) is 25.0 Å². The Morgan fingerprint density at radius 3 is 2.63 bits per heavy atom. The van der Waals surface area contributed by atoms with Gasteiger partial charge in [0, 0.05) is 10.5 Å². The number of hydrogen-bond donors (Lipinski definition) is 1. The van der Waals surface area contributed by atoms with E-state index in [1.54, 1.807) is 12.1 Å². The van der Waals surface area contributed by atoms with E-state index in [2.05, 4.69) is 25.5 Å². The van der Waals surface area contributed by atoms with Gasteiger partial charge in [0.2, 0.25) is 5.78 Å². The Kier molecular flexibility index (Phi) is 3.62. The molecule has 1 saturated carbocycles. The highest BCUT2D eigenvalue weighted by atomic mass is 79.9. The number of aromatic carboxylic acids is 1. The predicted molar refractivity (Wildman–Crippen MR) is 107 cm³/mol. The molecule has 1 N–H and O–H groups in total. The van der Waals surface area contributed by atoms with Crippen molar-refractivity contribution in [1.29, 1.82) is 0 Å². The molecule has 0 radical (unpaired) electrons. The number of rotatable bonds is 2. The number of fused-ring (bicyclic) bond motifs is 5. The second-order valence-corrected chi connectivity index (χ2v) is 7.86. The molecule has 0 aliphatic heterocycles. The Hall–Kier alpha value is -2.67. The molecule has 1 aliphatic carbocycles. The lowest BCUT2D eigenvalue weighted by Crippen LogP contribution is -2.14. The third kappa shape index (κ3) is 2.34. The van der Waals surface area contributed by atoms with Crippen LogP contribution >= 0.6 is 15.9 Å². The van der Waals surface area contributed by atoms with Crippen LogP contribution in [0.1, 0.15) is 42.1 Å². The first kappa shape index (κ1) is 16.5. The molecule has 136 valence electrons. The van der Waals surface area contributed by atoms with Gasteiger partial charge in [-0.15, -0.1) is 0 Å². The quantitative estimate of drug-likeness (QED) is 0.516. The van der Waals surface area contributed by atoms with Gasteiger partial charge in [0.25, 0.3) is 5.56 Å². The largest absolute Gasteiger partial charge is 0.478 e. The smallest absolute Gasteiger partial charge is 0.335 e. The normalized spacial score (nSPS) is 15.3. The van der Waals surface area contributed by atoms with Gasteiger partial charge < -0.3 is 9.67 Å². The number of carboxylic acids is 1. The minimum Gasteiger partial charge on any atom is -0.478 e. The maximum atomic E-state index is 12.8. The highest BCUT2D eigenvalue weighted by Gasteiger charge is 2.25. The van der Waals surface area contributed by atoms with Crippen molar-refractivity contribution in [3.63, 3.8) is 0 Å². The van der Waals surface area contributed by atoms with Gasteiger partial charge in [-0.05, 0) is 59.1 Å². The first-order valence-corrected chi connectivity index (χ1v) is 9.74. The molecule has 0 unspecified atom stereocenters. The Labute approximate surface area is 162 Å². The molecule has 0 spiro atoms. The van der Waals surface area contributed by atoms with E-state index in [-0.39, 0.29) is 17.2 Å². The third-order valence-electron chi connectivity index (χ3n) is 5.48. The van der Waals surface area contributed by atoms with Crippen molar-refractivity contribution < 1.29 is 9.90 Å². The number of carbonyl (C=O) groups is 1. The fourth-order valence-electron chi connectivity index (χ4n) is 4.28. The van der Waals surface area contributed by atoms with Gasteiger partial charge in [-0.2, -0.15) is 4.98 Å². The summed E-state index contributed by atoms with van der Waals surface area (Å²) in [6.45, 7) is 0. The molecule has 5 rings (SSSR count). The van der Waals surface area contributed by atoms with E-state index in [1.165, 1.54) is 0 Å². The van der Waals surface area contributed by atoms with Gasteiger partial charge in [0.1, 0.15) is 0 Å². The lowest BCUT2D eigenvalue weighted by molar-refractivity contribution is 0.0697. The molecule has 1 fully saturated rings. The average Bonchev–Trinajstić information content (AvgIpc) is 3.26. The van der Waals surface area contributed by atoms with Gasteiger partial charge in [0.05, 0.1) is 27.5 Å². The van der Waals surface area contributed by atoms with Crippen LogP contribution < -0.4 is 5.56 Å². The summed E-state index contributed by atoms with van der Waals surface area (Å²) < 4.78 is 4.74. The molecular formula is C20H16BrN3O3. The Bertz CT molecular complexity index is 1300. The summed E-state index contributed by atoms with van der Waals surface area (Å²) in [5, 5.41) is 9.97. The van der Waals surface area contributed by atoms with Crippen LogP contribution in [0.3, 0.4) is 0 Å². The fourth-order valence-corrected chi connectivity index (χ4v) is 4.81. The molecular weight excluding hydrogens is 410 g/mol. The summed E-state index contributed by atoms with van der Waals surface area (Å²) >= 11 is 3.46. The maximum absolute atomic E-state index is 12.8. The van der Waals surface area contributed by atoms with Crippen LogP contribution in [-0.2, 0) is 0 Å². The number of imidazole rings is 1. The molecule has 1 aliphatic rings. The average molecular weight is 426 g/mol. The zero-order chi connectivity index (χ0) is 18.7. The van der Waals surface area contributed by atoms with Crippen LogP contribution in [0.5, 0.6) is 0 Å². The van der Waals surface area contributed by atoms with Crippen molar-refractivity contribution in [2.45, 2.75) is 31.7 Å². The summed E-state index contributed by atoms with van der Waals surface area (Å²) in [5.74, 6) is -0.384. The molecule has 0 atom stereocenters. The van der Waals surface area contributed by atoms with E-state index < -0.39 is 5.97 Å². The minimum atomic E-state index is -0.963. The number of carboxylic acid groups (broad SMARTS) is 1. The maximum Gasteiger partial charge on any atom is 0.335 e. The lowest BCUT2D eigenvalue weighted by atomic mass is 10.1. The first-order chi connectivity index (χ1) is 13.1. The Balaban J connectivity index is 2.02. The summed E-state index contributed by atoms with van der Waals surface area (Å²) in [4.78, 5) is 28.7. The number of benzene rings is 2. The topological polar surface area (TPSA) is 76.6 Å². The molecule has 0 bridgehead atoms. The summed E-state index contributed by atoms with van der Waals surface area (Å²) in [7, 11) is 0. The molecule has 2 aromatic heterocycles. The third-order valence-corrected chi connectivity index (χ3v) is 6.14. The molecule has 27 heavy (non-hydrogen) atoms. The molecule has 6 nitrogen and oxygen atoms in total. The molecule has 2 heterocycles. The Morgan fingerprint density at radius 1 is 1.11 bits per heavy atom. The summed E-state index contributed by atoms with van der Waals surface area (Å²) in [6, 6.07) is 10.9. The fraction of sp³-hybridized carbons (Fsp3) is 0.250. The number of hydrogen-bond acceptors (Lipinski definition) is 3. The van der Waals surface area contributed by atoms with Crippen LogP contribution in [0.15, 0.2) is 45.7 Å². The van der Waals surface area contributed by atoms with E-state index in [4.69, 9.17) is 0 Å². The van der Waals surface area contributed by atoms with Crippen molar-refractivity contribution in [3.8, 4) is 0 Å². The first-order valence-electron chi connectivity index (χ1n) is 8.94. The number of halogens is 1. The van der Waals surface area contributed by atoms with E-state index in [1.807, 2.05) is 28.7 Å². The predicted octanol–water partition coefficient (Wildman–Crippen LogP) is 4.38. The van der Waals surface area contributed by atoms with Gasteiger partial charge in [0.15, 0.2) is 0 Å². The molecule has 0 saturated heterocycles. The van der Waals surface area contributed by atoms with E-state index >= 15 is 0 Å². The molecule has 2 aromatic carbocycles. The van der Waals surface area contributed by atoms with Crippen molar-refractivity contribution in [2.75, 3.05) is 0 Å².